The van der Waals surface area contributed by atoms with E-state index in [1.54, 1.807) is 6.07 Å². The van der Waals surface area contributed by atoms with Crippen molar-refractivity contribution in [2.45, 2.75) is 31.4 Å². The number of halogens is 1. The number of hydrogen-bond donors (Lipinski definition) is 1. The zero-order valence-electron chi connectivity index (χ0n) is 7.84. The van der Waals surface area contributed by atoms with E-state index in [1.165, 1.54) is 0 Å². The van der Waals surface area contributed by atoms with Crippen LogP contribution in [0.1, 0.15) is 29.0 Å². The Morgan fingerprint density at radius 2 is 2.00 bits per heavy atom. The molecule has 0 radical (unpaired) electrons. The maximum absolute atomic E-state index is 13.3. The van der Waals surface area contributed by atoms with Gasteiger partial charge in [-0.05, 0) is 48.9 Å². The van der Waals surface area contributed by atoms with Gasteiger partial charge in [0, 0.05) is 5.25 Å². The van der Waals surface area contributed by atoms with Gasteiger partial charge in [0.05, 0.1) is 0 Å². The van der Waals surface area contributed by atoms with Gasteiger partial charge in [-0.2, -0.15) is 12.6 Å². The Morgan fingerprint density at radius 3 is 2.54 bits per heavy atom. The molecule has 0 saturated heterocycles. The molecule has 1 aliphatic carbocycles. The third-order valence-corrected chi connectivity index (χ3v) is 3.26. The smallest absolute Gasteiger partial charge is 0.126 e. The number of rotatable bonds is 1. The van der Waals surface area contributed by atoms with Crippen LogP contribution in [0.15, 0.2) is 12.1 Å². The Hall–Kier alpha value is -0.500. The highest BCUT2D eigenvalue weighted by Crippen LogP contribution is 2.46. The molecular formula is C11H13FS. The van der Waals surface area contributed by atoms with Crippen molar-refractivity contribution >= 4 is 12.6 Å². The Labute approximate surface area is 83.6 Å². The Balaban J connectivity index is 2.44. The molecule has 1 aliphatic rings. The van der Waals surface area contributed by atoms with Crippen LogP contribution in [0.5, 0.6) is 0 Å². The van der Waals surface area contributed by atoms with Gasteiger partial charge < -0.3 is 0 Å². The van der Waals surface area contributed by atoms with E-state index in [1.807, 2.05) is 13.8 Å². The largest absolute Gasteiger partial charge is 0.207 e. The average molecular weight is 196 g/mol. The first kappa shape index (κ1) is 9.07. The summed E-state index contributed by atoms with van der Waals surface area (Å²) in [5.41, 5.74) is 2.95. The Morgan fingerprint density at radius 1 is 1.38 bits per heavy atom. The summed E-state index contributed by atoms with van der Waals surface area (Å²) in [7, 11) is 0. The topological polar surface area (TPSA) is 0 Å². The van der Waals surface area contributed by atoms with Crippen molar-refractivity contribution in [2.24, 2.45) is 0 Å². The van der Waals surface area contributed by atoms with E-state index in [0.29, 0.717) is 11.2 Å². The fourth-order valence-electron chi connectivity index (χ4n) is 1.74. The highest BCUT2D eigenvalue weighted by molar-refractivity contribution is 7.81. The molecule has 0 bridgehead atoms. The Bertz CT molecular complexity index is 346. The van der Waals surface area contributed by atoms with Crippen LogP contribution in [0.4, 0.5) is 4.39 Å². The molecule has 1 fully saturated rings. The molecule has 1 aromatic carbocycles. The predicted molar refractivity (Wildman–Crippen MR) is 56.0 cm³/mol. The van der Waals surface area contributed by atoms with Gasteiger partial charge >= 0.3 is 0 Å². The molecule has 0 N–H and O–H groups in total. The first-order valence-electron chi connectivity index (χ1n) is 4.54. The van der Waals surface area contributed by atoms with Gasteiger partial charge in [-0.1, -0.05) is 6.07 Å². The summed E-state index contributed by atoms with van der Waals surface area (Å²) in [4.78, 5) is 0. The van der Waals surface area contributed by atoms with Crippen molar-refractivity contribution in [3.05, 3.63) is 34.6 Å². The lowest BCUT2D eigenvalue weighted by atomic mass is 10.0. The SMILES string of the molecule is Cc1cc(F)c(C)c(C2CC2S)c1. The summed E-state index contributed by atoms with van der Waals surface area (Å²) in [6.07, 6.45) is 1.09. The predicted octanol–water partition coefficient (Wildman–Crippen LogP) is 3.23. The average Bonchev–Trinajstić information content (AvgIpc) is 2.75. The maximum Gasteiger partial charge on any atom is 0.126 e. The normalized spacial score (nSPS) is 26.2. The van der Waals surface area contributed by atoms with Gasteiger partial charge in [0.15, 0.2) is 0 Å². The van der Waals surface area contributed by atoms with E-state index >= 15 is 0 Å². The third kappa shape index (κ3) is 1.60. The van der Waals surface area contributed by atoms with Crippen molar-refractivity contribution in [1.29, 1.82) is 0 Å². The molecular weight excluding hydrogens is 183 g/mol. The minimum atomic E-state index is -0.0811. The lowest BCUT2D eigenvalue weighted by Gasteiger charge is -2.07. The van der Waals surface area contributed by atoms with E-state index in [0.717, 1.165) is 23.1 Å². The van der Waals surface area contributed by atoms with Crippen molar-refractivity contribution < 1.29 is 4.39 Å². The zero-order chi connectivity index (χ0) is 9.59. The van der Waals surface area contributed by atoms with Crippen LogP contribution in [-0.2, 0) is 0 Å². The zero-order valence-corrected chi connectivity index (χ0v) is 8.74. The molecule has 0 nitrogen and oxygen atoms in total. The first-order valence-corrected chi connectivity index (χ1v) is 5.06. The van der Waals surface area contributed by atoms with Gasteiger partial charge in [-0.15, -0.1) is 0 Å². The van der Waals surface area contributed by atoms with Gasteiger partial charge in [0.2, 0.25) is 0 Å². The second-order valence-corrected chi connectivity index (χ2v) is 4.53. The molecule has 1 saturated carbocycles. The number of thiol groups is 1. The van der Waals surface area contributed by atoms with Gasteiger partial charge in [-0.3, -0.25) is 0 Å². The standard InChI is InChI=1S/C11H13FS/c1-6-3-8(9-5-11(9)13)7(2)10(12)4-6/h3-4,9,11,13H,5H2,1-2H3. The molecule has 0 aromatic heterocycles. The molecule has 1 aromatic rings. The molecule has 70 valence electrons. The molecule has 13 heavy (non-hydrogen) atoms. The molecule has 2 atom stereocenters. The van der Waals surface area contributed by atoms with Crippen LogP contribution >= 0.6 is 12.6 Å². The maximum atomic E-state index is 13.3. The van der Waals surface area contributed by atoms with E-state index in [-0.39, 0.29) is 5.82 Å². The van der Waals surface area contributed by atoms with E-state index in [4.69, 9.17) is 0 Å². The number of hydrogen-bond acceptors (Lipinski definition) is 1. The Kier molecular flexibility index (Phi) is 2.11. The molecule has 0 spiro atoms. The molecule has 2 heteroatoms. The van der Waals surface area contributed by atoms with Gasteiger partial charge in [-0.25, -0.2) is 4.39 Å². The molecule has 2 rings (SSSR count). The fourth-order valence-corrected chi connectivity index (χ4v) is 2.13. The van der Waals surface area contributed by atoms with Crippen molar-refractivity contribution in [2.75, 3.05) is 0 Å². The summed E-state index contributed by atoms with van der Waals surface area (Å²) < 4.78 is 13.3. The monoisotopic (exact) mass is 196 g/mol. The van der Waals surface area contributed by atoms with Crippen LogP contribution in [-0.4, -0.2) is 5.25 Å². The quantitative estimate of drug-likeness (QED) is 0.655. The lowest BCUT2D eigenvalue weighted by molar-refractivity contribution is 0.614. The minimum absolute atomic E-state index is 0.0811. The molecule has 0 aliphatic heterocycles. The van der Waals surface area contributed by atoms with Crippen molar-refractivity contribution in [3.8, 4) is 0 Å². The van der Waals surface area contributed by atoms with Crippen LogP contribution < -0.4 is 0 Å². The number of aryl methyl sites for hydroxylation is 1. The molecule has 0 heterocycles. The van der Waals surface area contributed by atoms with E-state index in [2.05, 4.69) is 18.7 Å². The highest BCUT2D eigenvalue weighted by Gasteiger charge is 2.36. The van der Waals surface area contributed by atoms with Crippen LogP contribution in [0, 0.1) is 19.7 Å². The summed E-state index contributed by atoms with van der Waals surface area (Å²) in [6, 6.07) is 3.67. The van der Waals surface area contributed by atoms with Crippen molar-refractivity contribution in [1.82, 2.24) is 0 Å². The number of benzene rings is 1. The second-order valence-electron chi connectivity index (χ2n) is 3.87. The highest BCUT2D eigenvalue weighted by atomic mass is 32.1. The minimum Gasteiger partial charge on any atom is -0.207 e. The second kappa shape index (κ2) is 3.02. The third-order valence-electron chi connectivity index (χ3n) is 2.69. The fraction of sp³-hybridized carbons (Fsp3) is 0.455. The van der Waals surface area contributed by atoms with Crippen LogP contribution in [0.3, 0.4) is 0 Å². The molecule has 2 unspecified atom stereocenters. The van der Waals surface area contributed by atoms with E-state index < -0.39 is 0 Å². The van der Waals surface area contributed by atoms with Crippen molar-refractivity contribution in [3.63, 3.8) is 0 Å². The van der Waals surface area contributed by atoms with Crippen LogP contribution in [0.25, 0.3) is 0 Å². The molecule has 0 amide bonds. The summed E-state index contributed by atoms with van der Waals surface area (Å²) in [5.74, 6) is 0.403. The summed E-state index contributed by atoms with van der Waals surface area (Å²) in [5, 5.41) is 0.444. The van der Waals surface area contributed by atoms with Gasteiger partial charge in [0.1, 0.15) is 5.82 Å². The summed E-state index contributed by atoms with van der Waals surface area (Å²) >= 11 is 4.38. The van der Waals surface area contributed by atoms with E-state index in [9.17, 15) is 4.39 Å². The van der Waals surface area contributed by atoms with Crippen LogP contribution in [0.2, 0.25) is 0 Å². The first-order chi connectivity index (χ1) is 6.09. The van der Waals surface area contributed by atoms with Gasteiger partial charge in [0.25, 0.3) is 0 Å². The summed E-state index contributed by atoms with van der Waals surface area (Å²) in [6.45, 7) is 3.78. The lowest BCUT2D eigenvalue weighted by Crippen LogP contribution is -1.93.